The van der Waals surface area contributed by atoms with Crippen LogP contribution in [0.1, 0.15) is 33.2 Å². The Morgan fingerprint density at radius 1 is 0.861 bits per heavy atom. The zero-order valence-electron chi connectivity index (χ0n) is 19.4. The molecule has 4 rings (SSSR count). The third-order valence-corrected chi connectivity index (χ3v) is 5.70. The minimum Gasteiger partial charge on any atom is -0.462 e. The fraction of sp³-hybridized carbons (Fsp3) is 0.111. The summed E-state index contributed by atoms with van der Waals surface area (Å²) in [5, 5.41) is 2.57. The van der Waals surface area contributed by atoms with Crippen LogP contribution in [0.15, 0.2) is 83.5 Å². The number of benzene rings is 3. The number of carbonyl (C=O) groups is 4. The molecule has 1 heterocycles. The quantitative estimate of drug-likeness (QED) is 0.279. The Kier molecular flexibility index (Phi) is 7.17. The van der Waals surface area contributed by atoms with Crippen LogP contribution in [-0.4, -0.2) is 30.4 Å². The maximum absolute atomic E-state index is 13.0. The highest BCUT2D eigenvalue weighted by molar-refractivity contribution is 6.53. The monoisotopic (exact) mass is 504 g/mol. The summed E-state index contributed by atoms with van der Waals surface area (Å²) in [6.45, 7) is 3.76. The van der Waals surface area contributed by atoms with Crippen LogP contribution in [0.5, 0.6) is 5.75 Å². The SMILES string of the molecule is CCOC(=O)c1ccc(N2C(=O)C(Cl)=C(Nc3ccc(C(=O)Oc4ccccc4C)cc3)C2=O)cc1. The van der Waals surface area contributed by atoms with Crippen LogP contribution < -0.4 is 15.0 Å². The van der Waals surface area contributed by atoms with Gasteiger partial charge >= 0.3 is 11.9 Å². The standard InChI is InChI=1S/C27H21ClN2O6/c1-3-35-26(33)17-10-14-20(15-11-17)30-24(31)22(28)23(25(30)32)29-19-12-8-18(9-13-19)27(34)36-21-7-5-4-6-16(21)2/h4-15,29H,3H2,1-2H3. The zero-order chi connectivity index (χ0) is 25.8. The van der Waals surface area contributed by atoms with Gasteiger partial charge in [0.05, 0.1) is 23.4 Å². The highest BCUT2D eigenvalue weighted by Crippen LogP contribution is 2.30. The van der Waals surface area contributed by atoms with E-state index >= 15 is 0 Å². The minimum absolute atomic E-state index is 0.105. The summed E-state index contributed by atoms with van der Waals surface area (Å²) in [6, 6.07) is 19.2. The normalized spacial score (nSPS) is 13.1. The van der Waals surface area contributed by atoms with E-state index in [1.54, 1.807) is 31.2 Å². The molecule has 8 nitrogen and oxygen atoms in total. The fourth-order valence-corrected chi connectivity index (χ4v) is 3.68. The molecule has 1 aliphatic heterocycles. The molecule has 9 heteroatoms. The van der Waals surface area contributed by atoms with Gasteiger partial charge in [0.15, 0.2) is 0 Å². The van der Waals surface area contributed by atoms with Crippen LogP contribution in [0.3, 0.4) is 0 Å². The molecule has 2 amide bonds. The van der Waals surface area contributed by atoms with Crippen LogP contribution in [0.4, 0.5) is 11.4 Å². The second kappa shape index (κ2) is 10.5. The van der Waals surface area contributed by atoms with E-state index in [1.807, 2.05) is 19.1 Å². The van der Waals surface area contributed by atoms with Gasteiger partial charge in [-0.15, -0.1) is 0 Å². The van der Waals surface area contributed by atoms with Crippen molar-refractivity contribution >= 4 is 46.7 Å². The molecule has 0 aromatic heterocycles. The third-order valence-electron chi connectivity index (χ3n) is 5.35. The summed E-state index contributed by atoms with van der Waals surface area (Å²) in [6.07, 6.45) is 0. The van der Waals surface area contributed by atoms with Gasteiger partial charge in [0.25, 0.3) is 11.8 Å². The molecule has 1 aliphatic rings. The summed E-state index contributed by atoms with van der Waals surface area (Å²) in [7, 11) is 0. The van der Waals surface area contributed by atoms with E-state index in [1.165, 1.54) is 36.4 Å². The van der Waals surface area contributed by atoms with Crippen LogP contribution in [0, 0.1) is 6.92 Å². The Balaban J connectivity index is 1.46. The molecule has 182 valence electrons. The molecular weight excluding hydrogens is 484 g/mol. The van der Waals surface area contributed by atoms with Crippen LogP contribution in [0.2, 0.25) is 0 Å². The lowest BCUT2D eigenvalue weighted by atomic mass is 10.2. The lowest BCUT2D eigenvalue weighted by molar-refractivity contribution is -0.120. The number of halogens is 1. The molecule has 0 radical (unpaired) electrons. The maximum Gasteiger partial charge on any atom is 0.343 e. The molecule has 0 unspecified atom stereocenters. The first-order chi connectivity index (χ1) is 17.3. The predicted molar refractivity (Wildman–Crippen MR) is 134 cm³/mol. The number of aryl methyl sites for hydroxylation is 1. The van der Waals surface area contributed by atoms with E-state index < -0.39 is 23.8 Å². The van der Waals surface area contributed by atoms with Crippen molar-refractivity contribution in [3.05, 3.63) is 100 Å². The number of para-hydroxylation sites is 1. The van der Waals surface area contributed by atoms with Gasteiger partial charge < -0.3 is 14.8 Å². The molecule has 0 bridgehead atoms. The number of rotatable bonds is 7. The van der Waals surface area contributed by atoms with E-state index in [-0.39, 0.29) is 28.6 Å². The molecule has 0 fully saturated rings. The molecule has 3 aromatic rings. The first-order valence-corrected chi connectivity index (χ1v) is 11.4. The van der Waals surface area contributed by atoms with Gasteiger partial charge in [-0.3, -0.25) is 9.59 Å². The number of hydrogen-bond acceptors (Lipinski definition) is 7. The number of anilines is 2. The highest BCUT2D eigenvalue weighted by Gasteiger charge is 2.39. The number of ether oxygens (including phenoxy) is 2. The molecule has 0 atom stereocenters. The number of nitrogens with zero attached hydrogens (tertiary/aromatic N) is 1. The summed E-state index contributed by atoms with van der Waals surface area (Å²) >= 11 is 6.18. The van der Waals surface area contributed by atoms with Gasteiger partial charge in [-0.25, -0.2) is 14.5 Å². The molecule has 36 heavy (non-hydrogen) atoms. The second-order valence-corrected chi connectivity index (χ2v) is 8.14. The van der Waals surface area contributed by atoms with Crippen molar-refractivity contribution in [2.45, 2.75) is 13.8 Å². The number of esters is 2. The first-order valence-electron chi connectivity index (χ1n) is 11.0. The largest absolute Gasteiger partial charge is 0.462 e. The van der Waals surface area contributed by atoms with Gasteiger partial charge in [0.1, 0.15) is 16.5 Å². The molecular formula is C27H21ClN2O6. The number of carbonyl (C=O) groups excluding carboxylic acids is 4. The first kappa shape index (κ1) is 24.7. The summed E-state index contributed by atoms with van der Waals surface area (Å²) in [5.41, 5.74) is 2.01. The lowest BCUT2D eigenvalue weighted by Gasteiger charge is -2.15. The van der Waals surface area contributed by atoms with E-state index in [4.69, 9.17) is 21.1 Å². The lowest BCUT2D eigenvalue weighted by Crippen LogP contribution is -2.32. The Labute approximate surface area is 212 Å². The van der Waals surface area contributed by atoms with Crippen molar-refractivity contribution in [2.24, 2.45) is 0 Å². The summed E-state index contributed by atoms with van der Waals surface area (Å²) in [4.78, 5) is 50.9. The second-order valence-electron chi connectivity index (χ2n) is 7.76. The van der Waals surface area contributed by atoms with Gasteiger partial charge in [0, 0.05) is 5.69 Å². The van der Waals surface area contributed by atoms with Crippen LogP contribution in [-0.2, 0) is 14.3 Å². The molecule has 0 spiro atoms. The number of imide groups is 1. The van der Waals surface area contributed by atoms with E-state index in [0.29, 0.717) is 17.0 Å². The van der Waals surface area contributed by atoms with Gasteiger partial charge in [0.2, 0.25) is 0 Å². The van der Waals surface area contributed by atoms with Crippen molar-refractivity contribution in [3.8, 4) is 5.75 Å². The minimum atomic E-state index is -0.702. The molecule has 3 aromatic carbocycles. The topological polar surface area (TPSA) is 102 Å². The maximum atomic E-state index is 13.0. The van der Waals surface area contributed by atoms with Crippen LogP contribution in [0.25, 0.3) is 0 Å². The van der Waals surface area contributed by atoms with E-state index in [9.17, 15) is 19.2 Å². The smallest absolute Gasteiger partial charge is 0.343 e. The Hall–Kier alpha value is -4.43. The zero-order valence-corrected chi connectivity index (χ0v) is 20.2. The molecule has 0 aliphatic carbocycles. The van der Waals surface area contributed by atoms with E-state index in [2.05, 4.69) is 5.32 Å². The van der Waals surface area contributed by atoms with Crippen molar-refractivity contribution in [1.29, 1.82) is 0 Å². The average molecular weight is 505 g/mol. The fourth-order valence-electron chi connectivity index (χ4n) is 3.47. The van der Waals surface area contributed by atoms with E-state index in [0.717, 1.165) is 10.5 Å². The number of nitrogens with one attached hydrogen (secondary N) is 1. The van der Waals surface area contributed by atoms with Crippen molar-refractivity contribution in [2.75, 3.05) is 16.8 Å². The van der Waals surface area contributed by atoms with Crippen molar-refractivity contribution in [3.63, 3.8) is 0 Å². The van der Waals surface area contributed by atoms with Crippen molar-refractivity contribution in [1.82, 2.24) is 0 Å². The third kappa shape index (κ3) is 4.99. The highest BCUT2D eigenvalue weighted by atomic mass is 35.5. The molecule has 0 saturated heterocycles. The van der Waals surface area contributed by atoms with Crippen molar-refractivity contribution < 1.29 is 28.7 Å². The average Bonchev–Trinajstić information content (AvgIpc) is 3.09. The predicted octanol–water partition coefficient (Wildman–Crippen LogP) is 4.83. The Bertz CT molecular complexity index is 1380. The molecule has 0 saturated carbocycles. The summed E-state index contributed by atoms with van der Waals surface area (Å²) < 4.78 is 10.4. The molecule has 1 N–H and O–H groups in total. The van der Waals surface area contributed by atoms with Gasteiger partial charge in [-0.1, -0.05) is 29.8 Å². The van der Waals surface area contributed by atoms with Gasteiger partial charge in [-0.05, 0) is 74.0 Å². The summed E-state index contributed by atoms with van der Waals surface area (Å²) in [5.74, 6) is -1.93. The number of amides is 2. The van der Waals surface area contributed by atoms with Crippen LogP contribution >= 0.6 is 11.6 Å². The van der Waals surface area contributed by atoms with Gasteiger partial charge in [-0.2, -0.15) is 0 Å². The number of hydrogen-bond donors (Lipinski definition) is 1. The Morgan fingerprint density at radius 3 is 2.11 bits per heavy atom. The Morgan fingerprint density at radius 2 is 1.47 bits per heavy atom.